The number of hydrogen-bond donors (Lipinski definition) is 1. The average molecular weight is 243 g/mol. The fourth-order valence-electron chi connectivity index (χ4n) is 1.35. The summed E-state index contributed by atoms with van der Waals surface area (Å²) in [5.41, 5.74) is 0.968. The van der Waals surface area contributed by atoms with E-state index in [4.69, 9.17) is 11.6 Å². The molecule has 0 saturated carbocycles. The van der Waals surface area contributed by atoms with Crippen LogP contribution in [0.15, 0.2) is 6.07 Å². The molecular weight excluding hydrogens is 224 g/mol. The van der Waals surface area contributed by atoms with Gasteiger partial charge in [0, 0.05) is 18.3 Å². The molecule has 0 fully saturated rings. The van der Waals surface area contributed by atoms with Crippen LogP contribution in [0.1, 0.15) is 19.0 Å². The van der Waals surface area contributed by atoms with E-state index in [1.807, 2.05) is 6.07 Å². The maximum atomic E-state index is 5.82. The number of aromatic nitrogens is 2. The van der Waals surface area contributed by atoms with E-state index in [-0.39, 0.29) is 0 Å². The minimum atomic E-state index is 0.314. The molecule has 0 aliphatic heterocycles. The van der Waals surface area contributed by atoms with E-state index in [1.165, 1.54) is 0 Å². The Morgan fingerprint density at radius 2 is 2.12 bits per heavy atom. The first-order valence-corrected chi connectivity index (χ1v) is 5.91. The van der Waals surface area contributed by atoms with Crippen LogP contribution in [0.2, 0.25) is 5.28 Å². The van der Waals surface area contributed by atoms with E-state index in [0.29, 0.717) is 5.28 Å². The SMILES string of the molecule is CCc1cc(NCCCN(C)C)nc(Cl)n1. The zero-order chi connectivity index (χ0) is 12.0. The Hall–Kier alpha value is -0.870. The van der Waals surface area contributed by atoms with E-state index in [2.05, 4.69) is 41.2 Å². The second-order valence-electron chi connectivity index (χ2n) is 3.95. The Balaban J connectivity index is 2.44. The standard InChI is InChI=1S/C11H19ClN4/c1-4-9-8-10(15-11(12)14-9)13-6-5-7-16(2)3/h8H,4-7H2,1-3H3,(H,13,14,15). The number of halogens is 1. The highest BCUT2D eigenvalue weighted by atomic mass is 35.5. The van der Waals surface area contributed by atoms with E-state index in [1.54, 1.807) is 0 Å². The second kappa shape index (κ2) is 6.66. The zero-order valence-corrected chi connectivity index (χ0v) is 10.9. The van der Waals surface area contributed by atoms with Crippen LogP contribution in [0.25, 0.3) is 0 Å². The molecule has 1 aromatic rings. The summed E-state index contributed by atoms with van der Waals surface area (Å²) < 4.78 is 0. The normalized spacial score (nSPS) is 10.8. The van der Waals surface area contributed by atoms with Gasteiger partial charge >= 0.3 is 0 Å². The van der Waals surface area contributed by atoms with Crippen molar-refractivity contribution in [3.8, 4) is 0 Å². The maximum absolute atomic E-state index is 5.82. The zero-order valence-electron chi connectivity index (χ0n) is 10.1. The van der Waals surface area contributed by atoms with Gasteiger partial charge in [0.1, 0.15) is 5.82 Å². The van der Waals surface area contributed by atoms with Crippen LogP contribution in [0.4, 0.5) is 5.82 Å². The first-order chi connectivity index (χ1) is 7.61. The Labute approximate surface area is 102 Å². The van der Waals surface area contributed by atoms with Crippen molar-refractivity contribution < 1.29 is 0 Å². The van der Waals surface area contributed by atoms with Crippen LogP contribution >= 0.6 is 11.6 Å². The van der Waals surface area contributed by atoms with Crippen LogP contribution in [0, 0.1) is 0 Å². The third-order valence-corrected chi connectivity index (χ3v) is 2.37. The first kappa shape index (κ1) is 13.2. The van der Waals surface area contributed by atoms with Crippen LogP contribution in [-0.2, 0) is 6.42 Å². The molecule has 0 aromatic carbocycles. The molecule has 0 atom stereocenters. The monoisotopic (exact) mass is 242 g/mol. The van der Waals surface area contributed by atoms with Crippen molar-refractivity contribution in [2.24, 2.45) is 0 Å². The molecule has 90 valence electrons. The fraction of sp³-hybridized carbons (Fsp3) is 0.636. The average Bonchev–Trinajstić information content (AvgIpc) is 2.23. The van der Waals surface area contributed by atoms with Crippen molar-refractivity contribution in [2.75, 3.05) is 32.5 Å². The molecule has 1 aromatic heterocycles. The minimum Gasteiger partial charge on any atom is -0.370 e. The van der Waals surface area contributed by atoms with Crippen LogP contribution in [-0.4, -0.2) is 42.1 Å². The molecule has 0 bridgehead atoms. The molecule has 1 N–H and O–H groups in total. The lowest BCUT2D eigenvalue weighted by molar-refractivity contribution is 0.405. The molecule has 0 unspecified atom stereocenters. The number of aryl methyl sites for hydroxylation is 1. The molecule has 0 amide bonds. The molecule has 5 heteroatoms. The van der Waals surface area contributed by atoms with Crippen molar-refractivity contribution in [3.63, 3.8) is 0 Å². The number of hydrogen-bond acceptors (Lipinski definition) is 4. The van der Waals surface area contributed by atoms with E-state index in [0.717, 1.165) is 37.4 Å². The summed E-state index contributed by atoms with van der Waals surface area (Å²) >= 11 is 5.82. The van der Waals surface area contributed by atoms with E-state index in [9.17, 15) is 0 Å². The number of rotatable bonds is 6. The van der Waals surface area contributed by atoms with Crippen molar-refractivity contribution in [2.45, 2.75) is 19.8 Å². The van der Waals surface area contributed by atoms with E-state index >= 15 is 0 Å². The summed E-state index contributed by atoms with van der Waals surface area (Å²) in [6, 6.07) is 1.95. The molecular formula is C11H19ClN4. The van der Waals surface area contributed by atoms with E-state index < -0.39 is 0 Å². The summed E-state index contributed by atoms with van der Waals surface area (Å²) in [5.74, 6) is 0.815. The highest BCUT2D eigenvalue weighted by molar-refractivity contribution is 6.28. The van der Waals surface area contributed by atoms with Gasteiger partial charge in [-0.25, -0.2) is 9.97 Å². The molecule has 1 rings (SSSR count). The Bertz CT molecular complexity index is 328. The van der Waals surface area contributed by atoms with Crippen LogP contribution in [0.3, 0.4) is 0 Å². The molecule has 4 nitrogen and oxygen atoms in total. The summed E-state index contributed by atoms with van der Waals surface area (Å²) in [5, 5.41) is 3.57. The van der Waals surface area contributed by atoms with Crippen LogP contribution < -0.4 is 5.32 Å². The fourth-order valence-corrected chi connectivity index (χ4v) is 1.55. The highest BCUT2D eigenvalue weighted by Crippen LogP contribution is 2.10. The lowest BCUT2D eigenvalue weighted by atomic mass is 10.3. The van der Waals surface area contributed by atoms with Gasteiger partial charge in [-0.2, -0.15) is 0 Å². The predicted octanol–water partition coefficient (Wildman–Crippen LogP) is 2.06. The van der Waals surface area contributed by atoms with Gasteiger partial charge in [0.2, 0.25) is 5.28 Å². The van der Waals surface area contributed by atoms with Gasteiger partial charge in [-0.3, -0.25) is 0 Å². The Kier molecular flexibility index (Phi) is 5.49. The molecule has 0 radical (unpaired) electrons. The molecule has 0 spiro atoms. The summed E-state index contributed by atoms with van der Waals surface area (Å²) in [7, 11) is 4.13. The van der Waals surface area contributed by atoms with Crippen molar-refractivity contribution in [3.05, 3.63) is 17.0 Å². The van der Waals surface area contributed by atoms with Gasteiger partial charge in [-0.05, 0) is 45.1 Å². The smallest absolute Gasteiger partial charge is 0.224 e. The Morgan fingerprint density at radius 3 is 2.75 bits per heavy atom. The predicted molar refractivity (Wildman–Crippen MR) is 68.1 cm³/mol. The quantitative estimate of drug-likeness (QED) is 0.613. The summed E-state index contributed by atoms with van der Waals surface area (Å²) in [6.45, 7) is 4.01. The molecule has 0 saturated heterocycles. The topological polar surface area (TPSA) is 41.0 Å². The third-order valence-electron chi connectivity index (χ3n) is 2.20. The maximum Gasteiger partial charge on any atom is 0.224 e. The van der Waals surface area contributed by atoms with Gasteiger partial charge < -0.3 is 10.2 Å². The summed E-state index contributed by atoms with van der Waals surface area (Å²) in [4.78, 5) is 10.4. The third kappa shape index (κ3) is 4.77. The van der Waals surface area contributed by atoms with Gasteiger partial charge in [0.15, 0.2) is 0 Å². The molecule has 0 aliphatic rings. The molecule has 16 heavy (non-hydrogen) atoms. The van der Waals surface area contributed by atoms with Crippen molar-refractivity contribution in [1.82, 2.24) is 14.9 Å². The largest absolute Gasteiger partial charge is 0.370 e. The second-order valence-corrected chi connectivity index (χ2v) is 4.29. The van der Waals surface area contributed by atoms with Gasteiger partial charge in [-0.15, -0.1) is 0 Å². The van der Waals surface area contributed by atoms with Crippen molar-refractivity contribution >= 4 is 17.4 Å². The lowest BCUT2D eigenvalue weighted by Crippen LogP contribution is -2.16. The molecule has 1 heterocycles. The highest BCUT2D eigenvalue weighted by Gasteiger charge is 2.01. The molecule has 0 aliphatic carbocycles. The van der Waals surface area contributed by atoms with Gasteiger partial charge in [0.05, 0.1) is 0 Å². The first-order valence-electron chi connectivity index (χ1n) is 5.54. The number of anilines is 1. The number of nitrogens with zero attached hydrogens (tertiary/aromatic N) is 3. The minimum absolute atomic E-state index is 0.314. The van der Waals surface area contributed by atoms with Crippen molar-refractivity contribution in [1.29, 1.82) is 0 Å². The van der Waals surface area contributed by atoms with Gasteiger partial charge in [0.25, 0.3) is 0 Å². The number of nitrogens with one attached hydrogen (secondary N) is 1. The van der Waals surface area contributed by atoms with Crippen LogP contribution in [0.5, 0.6) is 0 Å². The summed E-state index contributed by atoms with van der Waals surface area (Å²) in [6.07, 6.45) is 1.95. The lowest BCUT2D eigenvalue weighted by Gasteiger charge is -2.10. The van der Waals surface area contributed by atoms with Gasteiger partial charge in [-0.1, -0.05) is 6.92 Å². The Morgan fingerprint density at radius 1 is 1.38 bits per heavy atom.